The Morgan fingerprint density at radius 2 is 1.53 bits per heavy atom. The van der Waals surface area contributed by atoms with Crippen molar-refractivity contribution in [3.05, 3.63) is 65.7 Å². The average Bonchev–Trinajstić information content (AvgIpc) is 2.72. The Balaban J connectivity index is 1.40. The minimum atomic E-state index is -3.47. The Hall–Kier alpha value is -2.67. The highest BCUT2D eigenvalue weighted by Gasteiger charge is 2.32. The van der Waals surface area contributed by atoms with Gasteiger partial charge in [0.1, 0.15) is 0 Å². The number of rotatable bonds is 5. The monoisotopic (exact) mass is 426 g/mol. The topological polar surface area (TPSA) is 74.8 Å². The summed E-state index contributed by atoms with van der Waals surface area (Å²) in [5.41, 5.74) is 1.07. The maximum Gasteiger partial charge on any atom is 0.253 e. The van der Waals surface area contributed by atoms with E-state index in [0.717, 1.165) is 19.3 Å². The highest BCUT2D eigenvalue weighted by Crippen LogP contribution is 2.28. The van der Waals surface area contributed by atoms with Crippen LogP contribution in [-0.4, -0.2) is 56.2 Å². The predicted octanol–water partition coefficient (Wildman–Crippen LogP) is 2.75. The van der Waals surface area contributed by atoms with Gasteiger partial charge in [-0.05, 0) is 42.7 Å². The van der Waals surface area contributed by atoms with Crippen molar-refractivity contribution in [2.75, 3.05) is 26.2 Å². The van der Waals surface area contributed by atoms with Gasteiger partial charge >= 0.3 is 0 Å². The number of nitrogens with zero attached hydrogens (tertiary/aromatic N) is 2. The largest absolute Gasteiger partial charge is 0.339 e. The van der Waals surface area contributed by atoms with Crippen LogP contribution < -0.4 is 0 Å². The van der Waals surface area contributed by atoms with Gasteiger partial charge in [0.2, 0.25) is 5.91 Å². The molecule has 30 heavy (non-hydrogen) atoms. The zero-order valence-corrected chi connectivity index (χ0v) is 17.7. The van der Waals surface area contributed by atoms with E-state index in [1.54, 1.807) is 59.5 Å². The molecule has 2 aromatic carbocycles. The molecule has 6 nitrogen and oxygen atoms in total. The van der Waals surface area contributed by atoms with Crippen LogP contribution >= 0.6 is 0 Å². The van der Waals surface area contributed by atoms with Gasteiger partial charge in [-0.15, -0.1) is 0 Å². The third-order valence-corrected chi connectivity index (χ3v) is 7.67. The van der Waals surface area contributed by atoms with E-state index in [9.17, 15) is 18.0 Å². The molecule has 1 heterocycles. The van der Waals surface area contributed by atoms with E-state index in [4.69, 9.17) is 0 Å². The summed E-state index contributed by atoms with van der Waals surface area (Å²) in [6.45, 7) is 2.12. The molecule has 0 spiro atoms. The van der Waals surface area contributed by atoms with Crippen molar-refractivity contribution in [1.82, 2.24) is 9.80 Å². The molecule has 0 unspecified atom stereocenters. The van der Waals surface area contributed by atoms with Gasteiger partial charge < -0.3 is 9.80 Å². The van der Waals surface area contributed by atoms with Gasteiger partial charge in [0, 0.05) is 37.7 Å². The molecule has 0 aromatic heterocycles. The summed E-state index contributed by atoms with van der Waals surface area (Å²) >= 11 is 0. The Kier molecular flexibility index (Phi) is 5.90. The van der Waals surface area contributed by atoms with Crippen LogP contribution in [0, 0.1) is 5.92 Å². The fourth-order valence-corrected chi connectivity index (χ4v) is 5.31. The van der Waals surface area contributed by atoms with Crippen LogP contribution in [0.2, 0.25) is 0 Å². The first-order valence-corrected chi connectivity index (χ1v) is 12.0. The third kappa shape index (κ3) is 4.41. The molecule has 158 valence electrons. The molecule has 0 atom stereocenters. The second kappa shape index (κ2) is 8.60. The molecule has 2 aliphatic rings. The normalized spacial score (nSPS) is 17.5. The molecule has 1 saturated heterocycles. The highest BCUT2D eigenvalue weighted by molar-refractivity contribution is 7.90. The van der Waals surface area contributed by atoms with Gasteiger partial charge in [-0.2, -0.15) is 0 Å². The molecule has 0 bridgehead atoms. The smallest absolute Gasteiger partial charge is 0.253 e. The van der Waals surface area contributed by atoms with Gasteiger partial charge in [0.15, 0.2) is 9.84 Å². The van der Waals surface area contributed by atoms with Crippen LogP contribution in [0.4, 0.5) is 0 Å². The lowest BCUT2D eigenvalue weighted by Crippen LogP contribution is -2.52. The van der Waals surface area contributed by atoms with Gasteiger partial charge in [0.25, 0.3) is 5.91 Å². The lowest BCUT2D eigenvalue weighted by atomic mass is 9.84. The summed E-state index contributed by atoms with van der Waals surface area (Å²) in [6.07, 6.45) is 3.10. The first-order valence-electron chi connectivity index (χ1n) is 10.4. The second-order valence-corrected chi connectivity index (χ2v) is 10.0. The number of sulfone groups is 1. The van der Waals surface area contributed by atoms with Crippen molar-refractivity contribution in [3.8, 4) is 0 Å². The zero-order valence-electron chi connectivity index (χ0n) is 16.9. The lowest BCUT2D eigenvalue weighted by Gasteiger charge is -2.38. The molecular formula is C23H26N2O4S. The summed E-state index contributed by atoms with van der Waals surface area (Å²) in [7, 11) is -3.47. The van der Waals surface area contributed by atoms with Crippen LogP contribution in [0.25, 0.3) is 0 Å². The zero-order chi connectivity index (χ0) is 21.1. The maximum atomic E-state index is 12.9. The molecule has 2 amide bonds. The second-order valence-electron chi connectivity index (χ2n) is 8.02. The summed E-state index contributed by atoms with van der Waals surface area (Å²) in [6, 6.07) is 15.2. The number of carbonyl (C=O) groups is 2. The Morgan fingerprint density at radius 3 is 2.17 bits per heavy atom. The lowest BCUT2D eigenvalue weighted by molar-refractivity contribution is -0.139. The fraction of sp³-hybridized carbons (Fsp3) is 0.391. The Bertz CT molecular complexity index is 1020. The minimum Gasteiger partial charge on any atom is -0.339 e. The van der Waals surface area contributed by atoms with Crippen LogP contribution in [0.15, 0.2) is 59.5 Å². The van der Waals surface area contributed by atoms with Gasteiger partial charge in [0.05, 0.1) is 10.6 Å². The Morgan fingerprint density at radius 1 is 0.867 bits per heavy atom. The fourth-order valence-electron chi connectivity index (χ4n) is 3.95. The molecule has 0 N–H and O–H groups in total. The van der Waals surface area contributed by atoms with Crippen LogP contribution in [0.1, 0.15) is 35.2 Å². The van der Waals surface area contributed by atoms with E-state index in [-0.39, 0.29) is 28.4 Å². The minimum absolute atomic E-state index is 0.121. The number of piperazine rings is 1. The number of benzene rings is 2. The number of amides is 2. The van der Waals surface area contributed by atoms with Crippen molar-refractivity contribution in [3.63, 3.8) is 0 Å². The summed E-state index contributed by atoms with van der Waals surface area (Å²) in [4.78, 5) is 29.2. The Labute approximate surface area is 177 Å². The van der Waals surface area contributed by atoms with Crippen LogP contribution in [0.3, 0.4) is 0 Å². The maximum absolute atomic E-state index is 12.9. The number of hydrogen-bond acceptors (Lipinski definition) is 4. The molecule has 1 saturated carbocycles. The third-order valence-electron chi connectivity index (χ3n) is 5.97. The van der Waals surface area contributed by atoms with E-state index in [2.05, 4.69) is 0 Å². The number of hydrogen-bond donors (Lipinski definition) is 0. The molecule has 7 heteroatoms. The predicted molar refractivity (Wildman–Crippen MR) is 114 cm³/mol. The average molecular weight is 427 g/mol. The quantitative estimate of drug-likeness (QED) is 0.737. The SMILES string of the molecule is O=C(c1cccc(CS(=O)(=O)c2ccccc2)c1)N1CCN(C(=O)C2CCC2)CC1. The van der Waals surface area contributed by atoms with Crippen LogP contribution in [-0.2, 0) is 20.4 Å². The van der Waals surface area contributed by atoms with Crippen molar-refractivity contribution in [1.29, 1.82) is 0 Å². The van der Waals surface area contributed by atoms with E-state index < -0.39 is 9.84 Å². The first-order chi connectivity index (χ1) is 14.4. The summed E-state index contributed by atoms with van der Waals surface area (Å²) in [5.74, 6) is 0.128. The standard InChI is InChI=1S/C23H26N2O4S/c26-22(19-7-5-8-19)24-12-14-25(15-13-24)23(27)20-9-4-6-18(16-20)17-30(28,29)21-10-2-1-3-11-21/h1-4,6,9-11,16,19H,5,7-8,12-15,17H2. The van der Waals surface area contributed by atoms with Crippen molar-refractivity contribution < 1.29 is 18.0 Å². The molecular weight excluding hydrogens is 400 g/mol. The van der Waals surface area contributed by atoms with E-state index in [1.165, 1.54) is 0 Å². The van der Waals surface area contributed by atoms with Gasteiger partial charge in [-0.25, -0.2) is 8.42 Å². The van der Waals surface area contributed by atoms with Crippen molar-refractivity contribution in [2.45, 2.75) is 29.9 Å². The van der Waals surface area contributed by atoms with E-state index >= 15 is 0 Å². The highest BCUT2D eigenvalue weighted by atomic mass is 32.2. The molecule has 1 aliphatic carbocycles. The van der Waals surface area contributed by atoms with Gasteiger partial charge in [-0.1, -0.05) is 36.8 Å². The molecule has 0 radical (unpaired) electrons. The molecule has 2 fully saturated rings. The molecule has 2 aromatic rings. The van der Waals surface area contributed by atoms with E-state index in [1.807, 2.05) is 4.90 Å². The molecule has 1 aliphatic heterocycles. The van der Waals surface area contributed by atoms with Crippen molar-refractivity contribution >= 4 is 21.7 Å². The van der Waals surface area contributed by atoms with Crippen LogP contribution in [0.5, 0.6) is 0 Å². The first kappa shape index (κ1) is 20.6. The van der Waals surface area contributed by atoms with E-state index in [0.29, 0.717) is 37.3 Å². The van der Waals surface area contributed by atoms with Crippen molar-refractivity contribution in [2.24, 2.45) is 5.92 Å². The van der Waals surface area contributed by atoms with Gasteiger partial charge in [-0.3, -0.25) is 9.59 Å². The summed E-state index contributed by atoms with van der Waals surface area (Å²) in [5, 5.41) is 0. The molecule has 4 rings (SSSR count). The number of carbonyl (C=O) groups excluding carboxylic acids is 2. The summed E-state index contributed by atoms with van der Waals surface area (Å²) < 4.78 is 25.3.